The third kappa shape index (κ3) is 3.09. The molecule has 2 aliphatic rings. The summed E-state index contributed by atoms with van der Waals surface area (Å²) in [4.78, 5) is 14.0. The minimum atomic E-state index is -1.93. The lowest BCUT2D eigenvalue weighted by molar-refractivity contribution is -0.115. The quantitative estimate of drug-likeness (QED) is 0.514. The fraction of sp³-hybridized carbons (Fsp3) is 0.654. The number of carbonyl (C=O) groups is 1. The first-order chi connectivity index (χ1) is 14.6. The third-order valence-corrected chi connectivity index (χ3v) is 14.4. The standard InChI is InChI=1S/C26H40N2O3Si/c1-23(2,3)26-14-13-18(28(26)22(29)30)15-25(31,17-26)20-16-27(32(7,8)24(4,5)6)21-12-10-9-11-19(20)21/h9-12,16,18,31H,13-15,17H2,1-8H3,(H,29,30). The highest BCUT2D eigenvalue weighted by Crippen LogP contribution is 2.59. The molecule has 32 heavy (non-hydrogen) atoms. The Hall–Kier alpha value is -1.79. The van der Waals surface area contributed by atoms with Gasteiger partial charge in [-0.2, -0.15) is 0 Å². The second kappa shape index (κ2) is 6.86. The van der Waals surface area contributed by atoms with Crippen LogP contribution in [0.25, 0.3) is 10.9 Å². The Labute approximate surface area is 193 Å². The Bertz CT molecular complexity index is 1060. The van der Waals surface area contributed by atoms with E-state index in [1.807, 2.05) is 6.07 Å². The Balaban J connectivity index is 1.92. The summed E-state index contributed by atoms with van der Waals surface area (Å²) in [5.41, 5.74) is 0.264. The molecular formula is C26H40N2O3Si. The number of aromatic nitrogens is 1. The van der Waals surface area contributed by atoms with E-state index < -0.39 is 25.5 Å². The molecule has 5 nitrogen and oxygen atoms in total. The van der Waals surface area contributed by atoms with Gasteiger partial charge in [-0.15, -0.1) is 0 Å². The Morgan fingerprint density at radius 3 is 2.31 bits per heavy atom. The number of amides is 1. The molecule has 1 aromatic heterocycles. The first kappa shape index (κ1) is 23.4. The van der Waals surface area contributed by atoms with Crippen LogP contribution in [0, 0.1) is 5.41 Å². The van der Waals surface area contributed by atoms with Gasteiger partial charge in [-0.25, -0.2) is 4.79 Å². The molecule has 2 aromatic rings. The van der Waals surface area contributed by atoms with Gasteiger partial charge in [0, 0.05) is 41.5 Å². The number of nitrogens with zero attached hydrogens (tertiary/aromatic N) is 2. The minimum absolute atomic E-state index is 0.146. The normalized spacial score (nSPS) is 29.0. The number of hydrogen-bond donors (Lipinski definition) is 2. The molecule has 0 spiro atoms. The van der Waals surface area contributed by atoms with Crippen molar-refractivity contribution < 1.29 is 15.0 Å². The summed E-state index contributed by atoms with van der Waals surface area (Å²) in [5.74, 6) is 0. The Morgan fingerprint density at radius 1 is 1.12 bits per heavy atom. The number of para-hydroxylation sites is 1. The van der Waals surface area contributed by atoms with Crippen LogP contribution in [0.2, 0.25) is 18.1 Å². The molecule has 3 unspecified atom stereocenters. The average Bonchev–Trinajstić information content (AvgIpc) is 3.16. The predicted octanol–water partition coefficient (Wildman–Crippen LogP) is 6.40. The van der Waals surface area contributed by atoms with Crippen LogP contribution in [0.1, 0.15) is 72.8 Å². The molecule has 4 rings (SSSR count). The second-order valence-corrected chi connectivity index (χ2v) is 17.9. The lowest BCUT2D eigenvalue weighted by Gasteiger charge is -2.55. The zero-order valence-corrected chi connectivity index (χ0v) is 22.0. The molecule has 3 heterocycles. The molecule has 0 aliphatic carbocycles. The first-order valence-electron chi connectivity index (χ1n) is 11.9. The zero-order chi connectivity index (χ0) is 23.9. The SMILES string of the molecule is CC(C)(C)C12CCC(CC(O)(c3cn([Si](C)(C)C(C)(C)C)c4ccccc34)C1)N2C(=O)O. The Morgan fingerprint density at radius 2 is 1.75 bits per heavy atom. The number of carboxylic acid groups (broad SMARTS) is 1. The predicted molar refractivity (Wildman–Crippen MR) is 133 cm³/mol. The molecule has 2 fully saturated rings. The van der Waals surface area contributed by atoms with E-state index in [1.165, 1.54) is 5.52 Å². The summed E-state index contributed by atoms with van der Waals surface area (Å²) in [5, 5.41) is 23.7. The van der Waals surface area contributed by atoms with Crippen molar-refractivity contribution in [1.82, 2.24) is 9.13 Å². The smallest absolute Gasteiger partial charge is 0.408 e. The summed E-state index contributed by atoms with van der Waals surface area (Å²) >= 11 is 0. The third-order valence-electron chi connectivity index (χ3n) is 9.13. The fourth-order valence-electron chi connectivity index (χ4n) is 6.24. The van der Waals surface area contributed by atoms with E-state index in [-0.39, 0.29) is 16.5 Å². The molecule has 2 N–H and O–H groups in total. The van der Waals surface area contributed by atoms with Crippen LogP contribution >= 0.6 is 0 Å². The summed E-state index contributed by atoms with van der Waals surface area (Å²) in [7, 11) is -1.93. The summed E-state index contributed by atoms with van der Waals surface area (Å²) < 4.78 is 2.46. The van der Waals surface area contributed by atoms with Gasteiger partial charge in [0.15, 0.2) is 8.24 Å². The van der Waals surface area contributed by atoms with E-state index >= 15 is 0 Å². The molecule has 2 saturated heterocycles. The van der Waals surface area contributed by atoms with E-state index in [0.717, 1.165) is 23.8 Å². The number of hydrogen-bond acceptors (Lipinski definition) is 2. The molecule has 6 heteroatoms. The van der Waals surface area contributed by atoms with Gasteiger partial charge in [0.2, 0.25) is 0 Å². The molecule has 2 aliphatic heterocycles. The van der Waals surface area contributed by atoms with Crippen molar-refractivity contribution in [3.05, 3.63) is 36.0 Å². The van der Waals surface area contributed by atoms with E-state index in [1.54, 1.807) is 4.90 Å². The van der Waals surface area contributed by atoms with Crippen LogP contribution in [0.15, 0.2) is 30.5 Å². The number of piperidine rings is 1. The van der Waals surface area contributed by atoms with Crippen LogP contribution in [0.3, 0.4) is 0 Å². The van der Waals surface area contributed by atoms with Gasteiger partial charge in [-0.3, -0.25) is 4.90 Å². The zero-order valence-electron chi connectivity index (χ0n) is 21.0. The van der Waals surface area contributed by atoms with Gasteiger partial charge < -0.3 is 14.4 Å². The van der Waals surface area contributed by atoms with Crippen LogP contribution in [-0.2, 0) is 5.60 Å². The first-order valence-corrected chi connectivity index (χ1v) is 14.9. The van der Waals surface area contributed by atoms with Crippen molar-refractivity contribution in [2.24, 2.45) is 5.41 Å². The summed E-state index contributed by atoms with van der Waals surface area (Å²) in [6.07, 6.45) is 3.88. The highest BCUT2D eigenvalue weighted by atomic mass is 28.3. The maximum atomic E-state index is 12.3. The lowest BCUT2D eigenvalue weighted by atomic mass is 9.63. The van der Waals surface area contributed by atoms with Gasteiger partial charge in [0.1, 0.15) is 0 Å². The molecule has 0 saturated carbocycles. The summed E-state index contributed by atoms with van der Waals surface area (Å²) in [6.45, 7) is 18.1. The number of rotatable bonds is 2. The largest absolute Gasteiger partial charge is 0.465 e. The molecule has 1 aromatic carbocycles. The van der Waals surface area contributed by atoms with Gasteiger partial charge in [-0.05, 0) is 29.4 Å². The van der Waals surface area contributed by atoms with Gasteiger partial charge in [0.05, 0.1) is 11.1 Å². The van der Waals surface area contributed by atoms with Crippen LogP contribution in [0.5, 0.6) is 0 Å². The van der Waals surface area contributed by atoms with Crippen molar-refractivity contribution in [1.29, 1.82) is 0 Å². The fourth-order valence-corrected chi connectivity index (χ4v) is 8.21. The van der Waals surface area contributed by atoms with Crippen molar-refractivity contribution in [3.8, 4) is 0 Å². The number of aliphatic hydroxyl groups is 1. The van der Waals surface area contributed by atoms with Gasteiger partial charge >= 0.3 is 6.09 Å². The Kier molecular flexibility index (Phi) is 5.01. The molecule has 0 radical (unpaired) electrons. The topological polar surface area (TPSA) is 65.7 Å². The molecule has 176 valence electrons. The van der Waals surface area contributed by atoms with E-state index in [4.69, 9.17) is 0 Å². The van der Waals surface area contributed by atoms with E-state index in [9.17, 15) is 15.0 Å². The number of benzene rings is 1. The monoisotopic (exact) mass is 456 g/mol. The molecule has 1 amide bonds. The molecule has 3 atom stereocenters. The minimum Gasteiger partial charge on any atom is -0.465 e. The van der Waals surface area contributed by atoms with Crippen molar-refractivity contribution in [3.63, 3.8) is 0 Å². The lowest BCUT2D eigenvalue weighted by Crippen LogP contribution is -2.64. The van der Waals surface area contributed by atoms with E-state index in [2.05, 4.69) is 83.3 Å². The highest BCUT2D eigenvalue weighted by molar-refractivity contribution is 6.79. The van der Waals surface area contributed by atoms with Crippen molar-refractivity contribution in [2.45, 2.75) is 103 Å². The maximum Gasteiger partial charge on any atom is 0.408 e. The van der Waals surface area contributed by atoms with Crippen molar-refractivity contribution in [2.75, 3.05) is 0 Å². The van der Waals surface area contributed by atoms with E-state index in [0.29, 0.717) is 12.8 Å². The second-order valence-electron chi connectivity index (χ2n) is 12.8. The van der Waals surface area contributed by atoms with Crippen molar-refractivity contribution >= 4 is 25.2 Å². The maximum absolute atomic E-state index is 12.3. The van der Waals surface area contributed by atoms with Crippen LogP contribution in [0.4, 0.5) is 4.79 Å². The number of fused-ring (bicyclic) bond motifs is 3. The molecule has 2 bridgehead atoms. The molecular weight excluding hydrogens is 416 g/mol. The van der Waals surface area contributed by atoms with Crippen LogP contribution < -0.4 is 0 Å². The summed E-state index contributed by atoms with van der Waals surface area (Å²) in [6, 6.07) is 8.27. The van der Waals surface area contributed by atoms with Gasteiger partial charge in [-0.1, -0.05) is 72.8 Å². The van der Waals surface area contributed by atoms with Crippen LogP contribution in [-0.4, -0.2) is 45.3 Å². The van der Waals surface area contributed by atoms with Gasteiger partial charge in [0.25, 0.3) is 0 Å². The average molecular weight is 457 g/mol. The highest BCUT2D eigenvalue weighted by Gasteiger charge is 2.63.